The van der Waals surface area contributed by atoms with Gasteiger partial charge in [0.05, 0.1) is 5.60 Å². The average Bonchev–Trinajstić information content (AvgIpc) is 2.20. The van der Waals surface area contributed by atoms with Gasteiger partial charge in [-0.15, -0.1) is 0 Å². The maximum Gasteiger partial charge on any atom is 0.0743 e. The highest BCUT2D eigenvalue weighted by molar-refractivity contribution is 4.85. The third-order valence-electron chi connectivity index (χ3n) is 3.73. The van der Waals surface area contributed by atoms with Crippen molar-refractivity contribution in [2.75, 3.05) is 19.6 Å². The highest BCUT2D eigenvalue weighted by Gasteiger charge is 2.29. The fraction of sp³-hybridized carbons (Fsp3) is 1.00. The number of rotatable bonds is 4. The molecule has 1 rings (SSSR count). The molecule has 3 nitrogen and oxygen atoms in total. The predicted molar refractivity (Wildman–Crippen MR) is 63.7 cm³/mol. The Morgan fingerprint density at radius 1 is 1.47 bits per heavy atom. The number of aliphatic hydroxyl groups is 1. The van der Waals surface area contributed by atoms with Crippen molar-refractivity contribution in [1.29, 1.82) is 0 Å². The lowest BCUT2D eigenvalue weighted by Crippen LogP contribution is -2.51. The molecule has 3 unspecified atom stereocenters. The van der Waals surface area contributed by atoms with E-state index >= 15 is 0 Å². The van der Waals surface area contributed by atoms with Gasteiger partial charge in [0.1, 0.15) is 0 Å². The second kappa shape index (κ2) is 5.28. The summed E-state index contributed by atoms with van der Waals surface area (Å²) >= 11 is 0. The van der Waals surface area contributed by atoms with Crippen molar-refractivity contribution in [3.05, 3.63) is 0 Å². The molecular weight excluding hydrogens is 188 g/mol. The number of nitrogens with zero attached hydrogens (tertiary/aromatic N) is 1. The molecule has 0 aliphatic carbocycles. The van der Waals surface area contributed by atoms with E-state index in [0.717, 1.165) is 38.9 Å². The highest BCUT2D eigenvalue weighted by atomic mass is 16.3. The van der Waals surface area contributed by atoms with Crippen LogP contribution in [0, 0.1) is 5.92 Å². The van der Waals surface area contributed by atoms with Crippen molar-refractivity contribution in [2.45, 2.75) is 51.7 Å². The van der Waals surface area contributed by atoms with Crippen LogP contribution in [0.25, 0.3) is 0 Å². The number of piperidine rings is 1. The van der Waals surface area contributed by atoms with Crippen molar-refractivity contribution in [3.63, 3.8) is 0 Å². The van der Waals surface area contributed by atoms with Gasteiger partial charge in [-0.3, -0.25) is 0 Å². The van der Waals surface area contributed by atoms with E-state index in [1.54, 1.807) is 0 Å². The van der Waals surface area contributed by atoms with E-state index in [4.69, 9.17) is 5.73 Å². The first-order valence-electron chi connectivity index (χ1n) is 6.19. The molecule has 1 aliphatic heterocycles. The van der Waals surface area contributed by atoms with Crippen LogP contribution in [-0.4, -0.2) is 41.3 Å². The van der Waals surface area contributed by atoms with E-state index in [0.29, 0.717) is 12.0 Å². The van der Waals surface area contributed by atoms with Gasteiger partial charge in [-0.05, 0) is 32.2 Å². The van der Waals surface area contributed by atoms with Gasteiger partial charge in [-0.2, -0.15) is 0 Å². The van der Waals surface area contributed by atoms with Crippen LogP contribution in [0.4, 0.5) is 0 Å². The van der Waals surface area contributed by atoms with Crippen molar-refractivity contribution >= 4 is 0 Å². The Bertz CT molecular complexity index is 194. The average molecular weight is 214 g/mol. The molecule has 0 aromatic heterocycles. The van der Waals surface area contributed by atoms with E-state index in [9.17, 15) is 5.11 Å². The second-order valence-electron chi connectivity index (χ2n) is 5.21. The molecule has 1 heterocycles. The summed E-state index contributed by atoms with van der Waals surface area (Å²) in [5, 5.41) is 10.0. The maximum absolute atomic E-state index is 10.0. The zero-order valence-electron chi connectivity index (χ0n) is 10.4. The predicted octanol–water partition coefficient (Wildman–Crippen LogP) is 1.21. The molecule has 0 aromatic carbocycles. The zero-order chi connectivity index (χ0) is 11.5. The Morgan fingerprint density at radius 3 is 2.67 bits per heavy atom. The topological polar surface area (TPSA) is 49.5 Å². The summed E-state index contributed by atoms with van der Waals surface area (Å²) in [6.45, 7) is 9.02. The standard InChI is InChI=1S/C12H26N2O/c1-4-10-8-14(7-6-11(10)13)9-12(3,15)5-2/h10-11,15H,4-9,13H2,1-3H3. The van der Waals surface area contributed by atoms with E-state index < -0.39 is 5.60 Å². The molecule has 1 fully saturated rings. The molecule has 1 saturated heterocycles. The Hall–Kier alpha value is -0.120. The monoisotopic (exact) mass is 214 g/mol. The quantitative estimate of drug-likeness (QED) is 0.739. The molecule has 0 aromatic rings. The second-order valence-corrected chi connectivity index (χ2v) is 5.21. The fourth-order valence-electron chi connectivity index (χ4n) is 2.29. The molecule has 1 aliphatic rings. The minimum Gasteiger partial charge on any atom is -0.389 e. The van der Waals surface area contributed by atoms with Crippen LogP contribution >= 0.6 is 0 Å². The van der Waals surface area contributed by atoms with Crippen LogP contribution in [0.1, 0.15) is 40.0 Å². The van der Waals surface area contributed by atoms with Crippen LogP contribution in [0.2, 0.25) is 0 Å². The number of likely N-dealkylation sites (tertiary alicyclic amines) is 1. The fourth-order valence-corrected chi connectivity index (χ4v) is 2.29. The highest BCUT2D eigenvalue weighted by Crippen LogP contribution is 2.21. The first-order valence-corrected chi connectivity index (χ1v) is 6.19. The molecule has 0 spiro atoms. The number of nitrogens with two attached hydrogens (primary N) is 1. The third kappa shape index (κ3) is 3.74. The molecule has 3 N–H and O–H groups in total. The van der Waals surface area contributed by atoms with Gasteiger partial charge < -0.3 is 15.7 Å². The van der Waals surface area contributed by atoms with E-state index in [1.807, 2.05) is 13.8 Å². The molecule has 0 amide bonds. The Balaban J connectivity index is 2.45. The number of β-amino-alcohol motifs (C(OH)–C–C–N with tert-alkyl or cyclic N) is 1. The Kier molecular flexibility index (Phi) is 4.56. The minimum absolute atomic E-state index is 0.359. The summed E-state index contributed by atoms with van der Waals surface area (Å²) in [5.41, 5.74) is 5.52. The van der Waals surface area contributed by atoms with Crippen LogP contribution < -0.4 is 5.73 Å². The molecule has 0 bridgehead atoms. The van der Waals surface area contributed by atoms with E-state index in [-0.39, 0.29) is 0 Å². The van der Waals surface area contributed by atoms with Gasteiger partial charge in [0.15, 0.2) is 0 Å². The van der Waals surface area contributed by atoms with Crippen molar-refractivity contribution < 1.29 is 5.11 Å². The summed E-state index contributed by atoms with van der Waals surface area (Å²) in [6, 6.07) is 0.359. The molecule has 3 atom stereocenters. The largest absolute Gasteiger partial charge is 0.389 e. The lowest BCUT2D eigenvalue weighted by molar-refractivity contribution is 0.00121. The third-order valence-corrected chi connectivity index (χ3v) is 3.73. The van der Waals surface area contributed by atoms with Crippen molar-refractivity contribution in [2.24, 2.45) is 11.7 Å². The van der Waals surface area contributed by atoms with E-state index in [1.165, 1.54) is 0 Å². The molecule has 15 heavy (non-hydrogen) atoms. The van der Waals surface area contributed by atoms with Crippen molar-refractivity contribution in [3.8, 4) is 0 Å². The van der Waals surface area contributed by atoms with Crippen LogP contribution in [0.3, 0.4) is 0 Å². The van der Waals surface area contributed by atoms with Gasteiger partial charge in [0, 0.05) is 19.1 Å². The summed E-state index contributed by atoms with van der Waals surface area (Å²) in [4.78, 5) is 2.36. The first-order chi connectivity index (χ1) is 6.98. The van der Waals surface area contributed by atoms with Crippen LogP contribution in [-0.2, 0) is 0 Å². The smallest absolute Gasteiger partial charge is 0.0743 e. The minimum atomic E-state index is -0.542. The summed E-state index contributed by atoms with van der Waals surface area (Å²) < 4.78 is 0. The summed E-state index contributed by atoms with van der Waals surface area (Å²) in [5.74, 6) is 0.603. The summed E-state index contributed by atoms with van der Waals surface area (Å²) in [6.07, 6.45) is 3.02. The molecule has 3 heteroatoms. The van der Waals surface area contributed by atoms with Gasteiger partial charge in [0.25, 0.3) is 0 Å². The SMILES string of the molecule is CCC1CN(CC(C)(O)CC)CCC1N. The molecule has 0 radical (unpaired) electrons. The zero-order valence-corrected chi connectivity index (χ0v) is 10.4. The van der Waals surface area contributed by atoms with Crippen LogP contribution in [0.5, 0.6) is 0 Å². The van der Waals surface area contributed by atoms with Gasteiger partial charge in [0.2, 0.25) is 0 Å². The molecule has 90 valence electrons. The van der Waals surface area contributed by atoms with E-state index in [2.05, 4.69) is 11.8 Å². The lowest BCUT2D eigenvalue weighted by Gasteiger charge is -2.39. The number of hydrogen-bond donors (Lipinski definition) is 2. The molecular formula is C12H26N2O. The maximum atomic E-state index is 10.0. The van der Waals surface area contributed by atoms with Crippen molar-refractivity contribution in [1.82, 2.24) is 4.90 Å². The molecule has 0 saturated carbocycles. The van der Waals surface area contributed by atoms with Crippen LogP contribution in [0.15, 0.2) is 0 Å². The summed E-state index contributed by atoms with van der Waals surface area (Å²) in [7, 11) is 0. The van der Waals surface area contributed by atoms with Gasteiger partial charge >= 0.3 is 0 Å². The lowest BCUT2D eigenvalue weighted by atomic mass is 9.89. The first kappa shape index (κ1) is 12.9. The number of hydrogen-bond acceptors (Lipinski definition) is 3. The van der Waals surface area contributed by atoms with Gasteiger partial charge in [-0.1, -0.05) is 20.3 Å². The van der Waals surface area contributed by atoms with Gasteiger partial charge in [-0.25, -0.2) is 0 Å². The Labute approximate surface area is 93.6 Å². The normalized spacial score (nSPS) is 32.6. The Morgan fingerprint density at radius 2 is 2.13 bits per heavy atom.